The van der Waals surface area contributed by atoms with Crippen molar-refractivity contribution in [3.05, 3.63) is 71.7 Å². The average molecular weight is 456 g/mol. The Hall–Kier alpha value is -3.43. The number of aliphatic hydroxyl groups excluding tert-OH is 1. The third kappa shape index (κ3) is 5.15. The van der Waals surface area contributed by atoms with Gasteiger partial charge >= 0.3 is 0 Å². The SMILES string of the molecule is C.Nc1ccc(-c2c(F)cccc2F)nc1C(=O)Cc1cnccc1N1C[C@@H](N)C[C@H](O)C1. The van der Waals surface area contributed by atoms with Crippen LogP contribution in [0.15, 0.2) is 48.8 Å². The van der Waals surface area contributed by atoms with Crippen molar-refractivity contribution in [2.45, 2.75) is 32.4 Å². The van der Waals surface area contributed by atoms with E-state index in [9.17, 15) is 18.7 Å². The highest BCUT2D eigenvalue weighted by Crippen LogP contribution is 2.28. The molecule has 1 aromatic carbocycles. The van der Waals surface area contributed by atoms with Gasteiger partial charge in [-0.2, -0.15) is 0 Å². The quantitative estimate of drug-likeness (QED) is 0.506. The molecular formula is C24H27F2N5O2. The minimum atomic E-state index is -0.782. The van der Waals surface area contributed by atoms with Crippen LogP contribution in [0.1, 0.15) is 29.9 Å². The molecule has 1 aliphatic rings. The highest BCUT2D eigenvalue weighted by molar-refractivity contribution is 6.01. The van der Waals surface area contributed by atoms with Crippen LogP contribution in [0.4, 0.5) is 20.2 Å². The largest absolute Gasteiger partial charge is 0.397 e. The van der Waals surface area contributed by atoms with E-state index in [-0.39, 0.29) is 42.5 Å². The topological polar surface area (TPSA) is 118 Å². The molecule has 1 saturated heterocycles. The first-order chi connectivity index (χ1) is 15.3. The van der Waals surface area contributed by atoms with Gasteiger partial charge < -0.3 is 21.5 Å². The molecular weight excluding hydrogens is 428 g/mol. The molecule has 0 aliphatic carbocycles. The molecule has 174 valence electrons. The van der Waals surface area contributed by atoms with Crippen LogP contribution >= 0.6 is 0 Å². The number of rotatable bonds is 5. The summed E-state index contributed by atoms with van der Waals surface area (Å²) in [6, 6.07) is 7.85. The number of hydrogen-bond donors (Lipinski definition) is 3. The van der Waals surface area contributed by atoms with E-state index in [1.807, 2.05) is 4.90 Å². The molecule has 0 bridgehead atoms. The lowest BCUT2D eigenvalue weighted by Crippen LogP contribution is -2.49. The summed E-state index contributed by atoms with van der Waals surface area (Å²) in [7, 11) is 0. The second kappa shape index (κ2) is 10.0. The summed E-state index contributed by atoms with van der Waals surface area (Å²) < 4.78 is 28.4. The van der Waals surface area contributed by atoms with E-state index in [1.165, 1.54) is 18.2 Å². The number of nitrogens with two attached hydrogens (primary N) is 2. The number of carbonyl (C=O) groups excluding carboxylic acids is 1. The normalized spacial score (nSPS) is 18.0. The van der Waals surface area contributed by atoms with Gasteiger partial charge in [0.05, 0.1) is 23.0 Å². The molecule has 9 heteroatoms. The summed E-state index contributed by atoms with van der Waals surface area (Å²) >= 11 is 0. The second-order valence-electron chi connectivity index (χ2n) is 7.89. The highest BCUT2D eigenvalue weighted by Gasteiger charge is 2.26. The number of piperidine rings is 1. The molecule has 2 atom stereocenters. The molecule has 33 heavy (non-hydrogen) atoms. The van der Waals surface area contributed by atoms with Gasteiger partial charge in [-0.15, -0.1) is 0 Å². The number of hydrogen-bond acceptors (Lipinski definition) is 7. The third-order valence-electron chi connectivity index (χ3n) is 5.44. The van der Waals surface area contributed by atoms with Gasteiger partial charge in [0, 0.05) is 49.2 Å². The van der Waals surface area contributed by atoms with Crippen molar-refractivity contribution in [1.29, 1.82) is 0 Å². The van der Waals surface area contributed by atoms with Gasteiger partial charge in [-0.25, -0.2) is 13.8 Å². The number of β-amino-alcohol motifs (C(OH)–C–C–N with tert-alkyl or cyclic N) is 1. The number of aromatic nitrogens is 2. The Bertz CT molecular complexity index is 1130. The van der Waals surface area contributed by atoms with Crippen LogP contribution in [0.25, 0.3) is 11.3 Å². The Labute approximate surface area is 191 Å². The van der Waals surface area contributed by atoms with Gasteiger partial charge in [0.2, 0.25) is 0 Å². The summed E-state index contributed by atoms with van der Waals surface area (Å²) in [5.41, 5.74) is 13.1. The fraction of sp³-hybridized carbons (Fsp3) is 0.292. The Morgan fingerprint density at radius 2 is 1.88 bits per heavy atom. The highest BCUT2D eigenvalue weighted by atomic mass is 19.1. The van der Waals surface area contributed by atoms with Gasteiger partial charge in [0.15, 0.2) is 5.78 Å². The lowest BCUT2D eigenvalue weighted by atomic mass is 10.00. The number of benzene rings is 1. The average Bonchev–Trinajstić information content (AvgIpc) is 2.74. The zero-order chi connectivity index (χ0) is 22.8. The number of aliphatic hydroxyl groups is 1. The first kappa shape index (κ1) is 24.2. The molecule has 1 aliphatic heterocycles. The molecule has 3 aromatic rings. The van der Waals surface area contributed by atoms with Crippen LogP contribution in [0.3, 0.4) is 0 Å². The minimum absolute atomic E-state index is 0. The molecule has 0 saturated carbocycles. The van der Waals surface area contributed by atoms with Gasteiger partial charge in [0.1, 0.15) is 17.3 Å². The van der Waals surface area contributed by atoms with E-state index < -0.39 is 23.5 Å². The van der Waals surface area contributed by atoms with E-state index in [4.69, 9.17) is 11.5 Å². The number of nitrogens with zero attached hydrogens (tertiary/aromatic N) is 3. The first-order valence-corrected chi connectivity index (χ1v) is 10.2. The summed E-state index contributed by atoms with van der Waals surface area (Å²) in [5.74, 6) is -1.98. The molecule has 0 spiro atoms. The number of pyridine rings is 2. The maximum absolute atomic E-state index is 14.2. The zero-order valence-corrected chi connectivity index (χ0v) is 17.2. The molecule has 3 heterocycles. The number of carbonyl (C=O) groups is 1. The van der Waals surface area contributed by atoms with E-state index in [0.29, 0.717) is 25.1 Å². The van der Waals surface area contributed by atoms with E-state index >= 15 is 0 Å². The van der Waals surface area contributed by atoms with Crippen LogP contribution in [0, 0.1) is 11.6 Å². The van der Waals surface area contributed by atoms with Gasteiger partial charge in [0.25, 0.3) is 0 Å². The number of ketones is 1. The summed E-state index contributed by atoms with van der Waals surface area (Å²) in [5, 5.41) is 10.1. The van der Waals surface area contributed by atoms with Crippen LogP contribution in [-0.2, 0) is 6.42 Å². The smallest absolute Gasteiger partial charge is 0.187 e. The first-order valence-electron chi connectivity index (χ1n) is 10.2. The molecule has 5 N–H and O–H groups in total. The molecule has 0 unspecified atom stereocenters. The number of Topliss-reactive ketones (excluding diaryl/α,β-unsaturated/α-hetero) is 1. The van der Waals surface area contributed by atoms with Crippen molar-refractivity contribution in [3.8, 4) is 11.3 Å². The lowest BCUT2D eigenvalue weighted by Gasteiger charge is -2.36. The van der Waals surface area contributed by atoms with Crippen molar-refractivity contribution in [1.82, 2.24) is 9.97 Å². The predicted molar refractivity (Wildman–Crippen MR) is 124 cm³/mol. The third-order valence-corrected chi connectivity index (χ3v) is 5.44. The second-order valence-corrected chi connectivity index (χ2v) is 7.89. The monoisotopic (exact) mass is 455 g/mol. The molecule has 2 aromatic heterocycles. The van der Waals surface area contributed by atoms with Crippen molar-refractivity contribution < 1.29 is 18.7 Å². The van der Waals surface area contributed by atoms with Crippen molar-refractivity contribution in [2.24, 2.45) is 5.73 Å². The summed E-state index contributed by atoms with van der Waals surface area (Å²) in [6.07, 6.45) is 3.03. The number of anilines is 2. The Morgan fingerprint density at radius 3 is 2.58 bits per heavy atom. The molecule has 7 nitrogen and oxygen atoms in total. The Morgan fingerprint density at radius 1 is 1.15 bits per heavy atom. The number of halogens is 2. The zero-order valence-electron chi connectivity index (χ0n) is 17.2. The maximum atomic E-state index is 14.2. The lowest BCUT2D eigenvalue weighted by molar-refractivity contribution is 0.0989. The number of nitrogen functional groups attached to an aromatic ring is 1. The molecule has 1 fully saturated rings. The van der Waals surface area contributed by atoms with Crippen LogP contribution in [0.5, 0.6) is 0 Å². The van der Waals surface area contributed by atoms with Crippen LogP contribution in [-0.4, -0.2) is 46.1 Å². The Balaban J connectivity index is 0.00000306. The predicted octanol–water partition coefficient (Wildman–Crippen LogP) is 2.96. The van der Waals surface area contributed by atoms with E-state index in [0.717, 1.165) is 17.8 Å². The van der Waals surface area contributed by atoms with E-state index in [1.54, 1.807) is 18.5 Å². The van der Waals surface area contributed by atoms with Crippen molar-refractivity contribution >= 4 is 17.2 Å². The molecule has 0 radical (unpaired) electrons. The minimum Gasteiger partial charge on any atom is -0.397 e. The van der Waals surface area contributed by atoms with Gasteiger partial charge in [-0.05, 0) is 36.8 Å². The fourth-order valence-corrected chi connectivity index (χ4v) is 4.00. The molecule has 0 amide bonds. The van der Waals surface area contributed by atoms with Crippen LogP contribution < -0.4 is 16.4 Å². The van der Waals surface area contributed by atoms with Crippen molar-refractivity contribution in [3.63, 3.8) is 0 Å². The van der Waals surface area contributed by atoms with Crippen LogP contribution in [0.2, 0.25) is 0 Å². The Kier molecular flexibility index (Phi) is 7.35. The van der Waals surface area contributed by atoms with Crippen molar-refractivity contribution in [2.75, 3.05) is 23.7 Å². The standard InChI is InChI=1S/C23H23F2N5O2.CH4/c24-16-2-1-3-17(25)22(16)19-5-4-18(27)23(29-19)21(32)8-13-10-28-7-6-20(13)30-11-14(26)9-15(31)12-30;/h1-7,10,14-15,31H,8-9,11-12,26-27H2;1H4/t14-,15-;/m0./s1. The van der Waals surface area contributed by atoms with Gasteiger partial charge in [-0.1, -0.05) is 13.5 Å². The van der Waals surface area contributed by atoms with E-state index in [2.05, 4.69) is 9.97 Å². The molecule has 4 rings (SSSR count). The summed E-state index contributed by atoms with van der Waals surface area (Å²) in [4.78, 5) is 23.3. The van der Waals surface area contributed by atoms with Gasteiger partial charge in [-0.3, -0.25) is 9.78 Å². The summed E-state index contributed by atoms with van der Waals surface area (Å²) in [6.45, 7) is 0.923. The fourth-order valence-electron chi connectivity index (χ4n) is 4.00. The maximum Gasteiger partial charge on any atom is 0.187 e.